The van der Waals surface area contributed by atoms with Crippen molar-refractivity contribution in [1.29, 1.82) is 0 Å². The molecule has 1 N–H and O–H groups in total. The average molecular weight is 168 g/mol. The average Bonchev–Trinajstić information content (AvgIpc) is 2.32. The van der Waals surface area contributed by atoms with E-state index in [1.54, 1.807) is 6.92 Å². The van der Waals surface area contributed by atoms with Crippen molar-refractivity contribution < 1.29 is 9.63 Å². The molecule has 0 radical (unpaired) electrons. The van der Waals surface area contributed by atoms with Crippen molar-refractivity contribution in [3.05, 3.63) is 11.7 Å². The standard InChI is InChI=1S/C8H12N2O2/c1-5(11)8-9-7(10-12-8)6-3-2-4-6/h5-6,11H,2-4H2,1H3/t5-/m0/s1. The Morgan fingerprint density at radius 2 is 2.33 bits per heavy atom. The lowest BCUT2D eigenvalue weighted by Gasteiger charge is -2.20. The van der Waals surface area contributed by atoms with Crippen LogP contribution in [0.25, 0.3) is 0 Å². The first kappa shape index (κ1) is 7.73. The number of hydrogen-bond acceptors (Lipinski definition) is 4. The van der Waals surface area contributed by atoms with Crippen molar-refractivity contribution in [2.45, 2.75) is 38.2 Å². The Bertz CT molecular complexity index is 266. The zero-order chi connectivity index (χ0) is 8.55. The van der Waals surface area contributed by atoms with Gasteiger partial charge < -0.3 is 9.63 Å². The van der Waals surface area contributed by atoms with Crippen LogP contribution >= 0.6 is 0 Å². The van der Waals surface area contributed by atoms with Crippen LogP contribution in [0.3, 0.4) is 0 Å². The van der Waals surface area contributed by atoms with Gasteiger partial charge in [0.1, 0.15) is 6.10 Å². The number of nitrogens with zero attached hydrogens (tertiary/aromatic N) is 2. The van der Waals surface area contributed by atoms with Crippen LogP contribution in [0.4, 0.5) is 0 Å². The number of rotatable bonds is 2. The Hall–Kier alpha value is -0.900. The minimum atomic E-state index is -0.647. The lowest BCUT2D eigenvalue weighted by atomic mass is 9.85. The van der Waals surface area contributed by atoms with Gasteiger partial charge in [0, 0.05) is 5.92 Å². The Balaban J connectivity index is 2.12. The van der Waals surface area contributed by atoms with Crippen molar-refractivity contribution in [2.24, 2.45) is 0 Å². The monoisotopic (exact) mass is 168 g/mol. The molecule has 1 heterocycles. The third kappa shape index (κ3) is 1.22. The predicted molar refractivity (Wildman–Crippen MR) is 41.5 cm³/mol. The van der Waals surface area contributed by atoms with Gasteiger partial charge in [0.15, 0.2) is 5.82 Å². The van der Waals surface area contributed by atoms with Crippen molar-refractivity contribution in [2.75, 3.05) is 0 Å². The molecular formula is C8H12N2O2. The fraction of sp³-hybridized carbons (Fsp3) is 0.750. The molecule has 4 nitrogen and oxygen atoms in total. The summed E-state index contributed by atoms with van der Waals surface area (Å²) in [5.41, 5.74) is 0. The maximum absolute atomic E-state index is 9.11. The Morgan fingerprint density at radius 1 is 1.58 bits per heavy atom. The Kier molecular flexibility index (Phi) is 1.84. The van der Waals surface area contributed by atoms with E-state index < -0.39 is 6.10 Å². The number of hydrogen-bond donors (Lipinski definition) is 1. The molecule has 0 unspecified atom stereocenters. The maximum atomic E-state index is 9.11. The fourth-order valence-corrected chi connectivity index (χ4v) is 1.25. The molecule has 0 bridgehead atoms. The van der Waals surface area contributed by atoms with Crippen molar-refractivity contribution in [1.82, 2.24) is 10.1 Å². The first-order chi connectivity index (χ1) is 5.77. The largest absolute Gasteiger partial charge is 0.384 e. The third-order valence-electron chi connectivity index (χ3n) is 2.29. The highest BCUT2D eigenvalue weighted by Crippen LogP contribution is 2.34. The molecule has 0 spiro atoms. The molecule has 1 aromatic rings. The number of aliphatic hydroxyl groups is 1. The molecule has 1 aliphatic carbocycles. The second kappa shape index (κ2) is 2.86. The molecule has 12 heavy (non-hydrogen) atoms. The van der Waals surface area contributed by atoms with E-state index in [1.165, 1.54) is 6.42 Å². The van der Waals surface area contributed by atoms with Crippen LogP contribution in [0.15, 0.2) is 4.52 Å². The lowest BCUT2D eigenvalue weighted by Crippen LogP contribution is -2.10. The molecule has 2 rings (SSSR count). The van der Waals surface area contributed by atoms with Crippen LogP contribution in [-0.2, 0) is 0 Å². The maximum Gasteiger partial charge on any atom is 0.255 e. The zero-order valence-corrected chi connectivity index (χ0v) is 7.03. The number of aliphatic hydroxyl groups excluding tert-OH is 1. The van der Waals surface area contributed by atoms with E-state index in [1.807, 2.05) is 0 Å². The van der Waals surface area contributed by atoms with Crippen LogP contribution in [0.5, 0.6) is 0 Å². The summed E-state index contributed by atoms with van der Waals surface area (Å²) in [5.74, 6) is 1.57. The summed E-state index contributed by atoms with van der Waals surface area (Å²) >= 11 is 0. The summed E-state index contributed by atoms with van der Waals surface area (Å²) in [4.78, 5) is 4.10. The highest BCUT2D eigenvalue weighted by molar-refractivity contribution is 5.00. The minimum absolute atomic E-state index is 0.330. The molecule has 4 heteroatoms. The van der Waals surface area contributed by atoms with Gasteiger partial charge in [-0.1, -0.05) is 11.6 Å². The van der Waals surface area contributed by atoms with E-state index in [4.69, 9.17) is 9.63 Å². The Morgan fingerprint density at radius 3 is 2.75 bits per heavy atom. The van der Waals surface area contributed by atoms with Crippen molar-refractivity contribution in [3.63, 3.8) is 0 Å². The van der Waals surface area contributed by atoms with Gasteiger partial charge in [-0.05, 0) is 19.8 Å². The molecule has 0 amide bonds. The third-order valence-corrected chi connectivity index (χ3v) is 2.29. The van der Waals surface area contributed by atoms with Crippen molar-refractivity contribution >= 4 is 0 Å². The van der Waals surface area contributed by atoms with Gasteiger partial charge in [-0.3, -0.25) is 0 Å². The Labute approximate surface area is 70.6 Å². The molecule has 1 aliphatic rings. The van der Waals surface area contributed by atoms with Gasteiger partial charge in [0.05, 0.1) is 0 Å². The summed E-state index contributed by atoms with van der Waals surface area (Å²) in [5, 5.41) is 12.9. The van der Waals surface area contributed by atoms with Gasteiger partial charge in [0.2, 0.25) is 0 Å². The normalized spacial score (nSPS) is 20.5. The molecule has 0 aliphatic heterocycles. The fourth-order valence-electron chi connectivity index (χ4n) is 1.25. The quantitative estimate of drug-likeness (QED) is 0.724. The summed E-state index contributed by atoms with van der Waals surface area (Å²) in [6.45, 7) is 1.62. The highest BCUT2D eigenvalue weighted by Gasteiger charge is 2.25. The lowest BCUT2D eigenvalue weighted by molar-refractivity contribution is 0.151. The van der Waals surface area contributed by atoms with E-state index in [9.17, 15) is 0 Å². The zero-order valence-electron chi connectivity index (χ0n) is 7.03. The first-order valence-corrected chi connectivity index (χ1v) is 4.29. The first-order valence-electron chi connectivity index (χ1n) is 4.29. The summed E-state index contributed by atoms with van der Waals surface area (Å²) in [7, 11) is 0. The van der Waals surface area contributed by atoms with Crippen LogP contribution < -0.4 is 0 Å². The molecule has 66 valence electrons. The second-order valence-corrected chi connectivity index (χ2v) is 3.29. The van der Waals surface area contributed by atoms with Gasteiger partial charge >= 0.3 is 0 Å². The summed E-state index contributed by atoms with van der Waals surface area (Å²) in [6.07, 6.45) is 2.91. The summed E-state index contributed by atoms with van der Waals surface area (Å²) in [6, 6.07) is 0. The molecule has 1 saturated carbocycles. The van der Waals surface area contributed by atoms with E-state index in [2.05, 4.69) is 10.1 Å². The molecular weight excluding hydrogens is 156 g/mol. The van der Waals surface area contributed by atoms with Crippen molar-refractivity contribution in [3.8, 4) is 0 Å². The second-order valence-electron chi connectivity index (χ2n) is 3.29. The van der Waals surface area contributed by atoms with E-state index >= 15 is 0 Å². The predicted octanol–water partition coefficient (Wildman–Crippen LogP) is 1.39. The van der Waals surface area contributed by atoms with Crippen LogP contribution in [-0.4, -0.2) is 15.2 Å². The molecule has 1 fully saturated rings. The van der Waals surface area contributed by atoms with Crippen LogP contribution in [0.2, 0.25) is 0 Å². The van der Waals surface area contributed by atoms with Gasteiger partial charge in [0.25, 0.3) is 5.89 Å². The molecule has 0 aromatic carbocycles. The SMILES string of the molecule is C[C@H](O)c1nc(C2CCC2)no1. The van der Waals surface area contributed by atoms with E-state index in [-0.39, 0.29) is 0 Å². The molecule has 1 aromatic heterocycles. The smallest absolute Gasteiger partial charge is 0.255 e. The van der Waals surface area contributed by atoms with Gasteiger partial charge in [-0.15, -0.1) is 0 Å². The molecule has 0 saturated heterocycles. The minimum Gasteiger partial charge on any atom is -0.384 e. The van der Waals surface area contributed by atoms with Crippen LogP contribution in [0.1, 0.15) is 49.9 Å². The number of aromatic nitrogens is 2. The van der Waals surface area contributed by atoms with Crippen LogP contribution in [0, 0.1) is 0 Å². The van der Waals surface area contributed by atoms with Gasteiger partial charge in [-0.2, -0.15) is 4.98 Å². The molecule has 1 atom stereocenters. The van der Waals surface area contributed by atoms with E-state index in [0.717, 1.165) is 18.7 Å². The highest BCUT2D eigenvalue weighted by atomic mass is 16.5. The van der Waals surface area contributed by atoms with Gasteiger partial charge in [-0.25, -0.2) is 0 Å². The summed E-state index contributed by atoms with van der Waals surface area (Å²) < 4.78 is 4.87. The topological polar surface area (TPSA) is 59.2 Å². The van der Waals surface area contributed by atoms with E-state index in [0.29, 0.717) is 11.8 Å².